The number of hydrogen-bond donors (Lipinski definition) is 4. The highest BCUT2D eigenvalue weighted by Crippen LogP contribution is 2.60. The molecule has 4 atom stereocenters. The fourth-order valence-electron chi connectivity index (χ4n) is 4.02. The van der Waals surface area contributed by atoms with Gasteiger partial charge >= 0.3 is 11.9 Å². The minimum absolute atomic E-state index is 0.0761. The molecule has 2 aromatic rings. The van der Waals surface area contributed by atoms with Gasteiger partial charge in [-0.2, -0.15) is 0 Å². The lowest BCUT2D eigenvalue weighted by molar-refractivity contribution is -0.164. The van der Waals surface area contributed by atoms with Gasteiger partial charge in [0.25, 0.3) is 0 Å². The number of aromatic hydroxyl groups is 2. The quantitative estimate of drug-likeness (QED) is 0.669. The summed E-state index contributed by atoms with van der Waals surface area (Å²) < 4.78 is 0. The van der Waals surface area contributed by atoms with Crippen molar-refractivity contribution in [3.05, 3.63) is 58.7 Å². The van der Waals surface area contributed by atoms with Gasteiger partial charge < -0.3 is 20.4 Å². The molecule has 1 fully saturated rings. The molecule has 1 aliphatic rings. The van der Waals surface area contributed by atoms with E-state index in [1.807, 2.05) is 13.8 Å². The zero-order valence-corrected chi connectivity index (χ0v) is 14.4. The molecule has 2 aromatic carbocycles. The van der Waals surface area contributed by atoms with Gasteiger partial charge in [-0.15, -0.1) is 0 Å². The smallest absolute Gasteiger partial charge is 0.308 e. The van der Waals surface area contributed by atoms with E-state index in [1.54, 1.807) is 24.3 Å². The Morgan fingerprint density at radius 1 is 0.731 bits per heavy atom. The number of benzene rings is 2. The highest BCUT2D eigenvalue weighted by atomic mass is 16.4. The first-order valence-corrected chi connectivity index (χ1v) is 8.27. The predicted molar refractivity (Wildman–Crippen MR) is 93.4 cm³/mol. The summed E-state index contributed by atoms with van der Waals surface area (Å²) >= 11 is 0. The van der Waals surface area contributed by atoms with Gasteiger partial charge in [-0.25, -0.2) is 0 Å². The third-order valence-corrected chi connectivity index (χ3v) is 5.20. The fourth-order valence-corrected chi connectivity index (χ4v) is 4.02. The Labute approximate surface area is 150 Å². The van der Waals surface area contributed by atoms with E-state index in [-0.39, 0.29) is 11.5 Å². The number of aliphatic carboxylic acids is 2. The van der Waals surface area contributed by atoms with Crippen LogP contribution < -0.4 is 0 Å². The summed E-state index contributed by atoms with van der Waals surface area (Å²) in [7, 11) is 0. The molecule has 0 spiro atoms. The lowest BCUT2D eigenvalue weighted by Crippen LogP contribution is -2.51. The van der Waals surface area contributed by atoms with Gasteiger partial charge in [0.05, 0.1) is 11.8 Å². The number of carboxylic acids is 2. The van der Waals surface area contributed by atoms with Crippen molar-refractivity contribution in [3.8, 4) is 11.5 Å². The van der Waals surface area contributed by atoms with Crippen molar-refractivity contribution in [2.24, 2.45) is 11.8 Å². The molecule has 1 saturated carbocycles. The Bertz CT molecular complexity index is 814. The number of carbonyl (C=O) groups is 2. The molecule has 0 bridgehead atoms. The molecule has 26 heavy (non-hydrogen) atoms. The van der Waals surface area contributed by atoms with E-state index >= 15 is 0 Å². The van der Waals surface area contributed by atoms with E-state index in [0.29, 0.717) is 11.1 Å². The number of carboxylic acid groups (broad SMARTS) is 2. The van der Waals surface area contributed by atoms with E-state index in [2.05, 4.69) is 0 Å². The van der Waals surface area contributed by atoms with E-state index in [1.165, 1.54) is 12.1 Å². The predicted octanol–water partition coefficient (Wildman–Crippen LogP) is 3.00. The van der Waals surface area contributed by atoms with Crippen molar-refractivity contribution >= 4 is 11.9 Å². The Kier molecular flexibility index (Phi) is 4.36. The van der Waals surface area contributed by atoms with Crippen LogP contribution in [-0.2, 0) is 9.59 Å². The Morgan fingerprint density at radius 2 is 1.08 bits per heavy atom. The lowest BCUT2D eigenvalue weighted by atomic mass is 9.52. The van der Waals surface area contributed by atoms with Crippen molar-refractivity contribution in [3.63, 3.8) is 0 Å². The summed E-state index contributed by atoms with van der Waals surface area (Å²) in [5, 5.41) is 39.8. The van der Waals surface area contributed by atoms with Crippen molar-refractivity contribution in [1.29, 1.82) is 0 Å². The number of aryl methyl sites for hydroxylation is 2. The van der Waals surface area contributed by atoms with Gasteiger partial charge in [0.15, 0.2) is 0 Å². The van der Waals surface area contributed by atoms with Crippen molar-refractivity contribution in [1.82, 2.24) is 0 Å². The van der Waals surface area contributed by atoms with Gasteiger partial charge in [-0.1, -0.05) is 35.4 Å². The zero-order valence-electron chi connectivity index (χ0n) is 14.4. The first-order chi connectivity index (χ1) is 12.2. The van der Waals surface area contributed by atoms with Gasteiger partial charge in [0.2, 0.25) is 0 Å². The van der Waals surface area contributed by atoms with Crippen LogP contribution in [0.2, 0.25) is 0 Å². The molecule has 0 aliphatic heterocycles. The number of phenols is 2. The summed E-state index contributed by atoms with van der Waals surface area (Å²) in [6, 6.07) is 9.69. The summed E-state index contributed by atoms with van der Waals surface area (Å²) in [5.41, 5.74) is 2.43. The third-order valence-electron chi connectivity index (χ3n) is 5.20. The second-order valence-corrected chi connectivity index (χ2v) is 6.90. The van der Waals surface area contributed by atoms with Crippen molar-refractivity contribution in [2.45, 2.75) is 25.7 Å². The molecule has 1 aliphatic carbocycles. The van der Waals surface area contributed by atoms with E-state index in [4.69, 9.17) is 0 Å². The Balaban J connectivity index is 2.20. The van der Waals surface area contributed by atoms with Crippen LogP contribution in [0.5, 0.6) is 11.5 Å². The molecule has 4 N–H and O–H groups in total. The molecule has 3 rings (SSSR count). The van der Waals surface area contributed by atoms with Crippen LogP contribution in [0.4, 0.5) is 0 Å². The maximum absolute atomic E-state index is 11.8. The van der Waals surface area contributed by atoms with Crippen LogP contribution in [0.1, 0.15) is 34.1 Å². The molecule has 0 radical (unpaired) electrons. The van der Waals surface area contributed by atoms with Crippen LogP contribution in [0.25, 0.3) is 0 Å². The van der Waals surface area contributed by atoms with E-state index < -0.39 is 35.6 Å². The van der Waals surface area contributed by atoms with Gasteiger partial charge in [-0.05, 0) is 37.1 Å². The molecule has 136 valence electrons. The Morgan fingerprint density at radius 3 is 1.38 bits per heavy atom. The van der Waals surface area contributed by atoms with Crippen LogP contribution in [0.15, 0.2) is 36.4 Å². The van der Waals surface area contributed by atoms with Crippen molar-refractivity contribution in [2.75, 3.05) is 0 Å². The molecular weight excluding hydrogens is 336 g/mol. The van der Waals surface area contributed by atoms with E-state index in [9.17, 15) is 30.0 Å². The van der Waals surface area contributed by atoms with Crippen LogP contribution in [0, 0.1) is 25.7 Å². The molecule has 6 heteroatoms. The number of hydrogen-bond acceptors (Lipinski definition) is 4. The van der Waals surface area contributed by atoms with Gasteiger partial charge in [0.1, 0.15) is 11.5 Å². The molecule has 0 heterocycles. The first-order valence-electron chi connectivity index (χ1n) is 8.27. The van der Waals surface area contributed by atoms with Crippen molar-refractivity contribution < 1.29 is 30.0 Å². The maximum atomic E-state index is 11.8. The van der Waals surface area contributed by atoms with E-state index in [0.717, 1.165) is 11.1 Å². The van der Waals surface area contributed by atoms with Crippen LogP contribution in [0.3, 0.4) is 0 Å². The summed E-state index contributed by atoms with van der Waals surface area (Å²) in [4.78, 5) is 23.6. The first kappa shape index (κ1) is 17.8. The normalized spacial score (nSPS) is 24.7. The Hall–Kier alpha value is -3.02. The largest absolute Gasteiger partial charge is 0.508 e. The second-order valence-electron chi connectivity index (χ2n) is 6.90. The fraction of sp³-hybridized carbons (Fsp3) is 0.300. The number of phenolic OH excluding ortho intramolecular Hbond substituents is 2. The molecule has 0 unspecified atom stereocenters. The summed E-state index contributed by atoms with van der Waals surface area (Å²) in [6.07, 6.45) is 0. The minimum Gasteiger partial charge on any atom is -0.508 e. The highest BCUT2D eigenvalue weighted by Gasteiger charge is 2.60. The zero-order chi connectivity index (χ0) is 19.2. The molecule has 0 amide bonds. The molecule has 6 nitrogen and oxygen atoms in total. The average Bonchev–Trinajstić information content (AvgIpc) is 2.52. The van der Waals surface area contributed by atoms with Crippen LogP contribution >= 0.6 is 0 Å². The lowest BCUT2D eigenvalue weighted by Gasteiger charge is -2.48. The number of rotatable bonds is 4. The minimum atomic E-state index is -1.23. The highest BCUT2D eigenvalue weighted by molar-refractivity contribution is 5.86. The molecule has 0 aromatic heterocycles. The molecule has 0 saturated heterocycles. The standard InChI is InChI=1S/C20H20O6/c1-9-3-5-13(21)11(7-9)15-16(12-8-10(2)4-6-14(12)22)18(20(25)26)17(15)19(23)24/h3-8,15-18,21-22H,1-2H3,(H,23,24)(H,25,26)/t15-,16-,17-,18-/m0/s1. The third kappa shape index (κ3) is 2.77. The monoisotopic (exact) mass is 356 g/mol. The summed E-state index contributed by atoms with van der Waals surface area (Å²) in [5.74, 6) is -6.49. The van der Waals surface area contributed by atoms with Gasteiger partial charge in [0, 0.05) is 11.8 Å². The second kappa shape index (κ2) is 6.37. The molecular formula is C20H20O6. The SMILES string of the molecule is Cc1ccc(O)c([C@@H]2[C@H](C(=O)O)[C@@H](C(=O)O)[C@H]2c2cc(C)ccc2O)c1. The van der Waals surface area contributed by atoms with Gasteiger partial charge in [-0.3, -0.25) is 9.59 Å². The maximum Gasteiger partial charge on any atom is 0.308 e. The topological polar surface area (TPSA) is 115 Å². The average molecular weight is 356 g/mol. The van der Waals surface area contributed by atoms with Crippen LogP contribution in [-0.4, -0.2) is 32.4 Å². The summed E-state index contributed by atoms with van der Waals surface area (Å²) in [6.45, 7) is 3.62.